The summed E-state index contributed by atoms with van der Waals surface area (Å²) >= 11 is 0. The fourth-order valence-electron chi connectivity index (χ4n) is 1.14. The first-order chi connectivity index (χ1) is 7.17. The van der Waals surface area contributed by atoms with Gasteiger partial charge in [0.1, 0.15) is 0 Å². The Morgan fingerprint density at radius 1 is 1.60 bits per heavy atom. The van der Waals surface area contributed by atoms with Crippen molar-refractivity contribution >= 4 is 11.4 Å². The number of nitrogens with one attached hydrogen (secondary N) is 1. The van der Waals surface area contributed by atoms with Crippen LogP contribution in [-0.2, 0) is 0 Å². The molecule has 0 heterocycles. The minimum atomic E-state index is 0.142. The standard InChI is InChI=1S/C11H15N3O/c1-8(7-15)6-14-11-3-2-9(5-12)4-10(11)13/h2-4,8,14-15H,6-7,13H2,1H3. The summed E-state index contributed by atoms with van der Waals surface area (Å²) in [6.45, 7) is 2.74. The number of nitrogens with two attached hydrogens (primary N) is 1. The molecule has 1 unspecified atom stereocenters. The van der Waals surface area contributed by atoms with E-state index >= 15 is 0 Å². The molecule has 15 heavy (non-hydrogen) atoms. The van der Waals surface area contributed by atoms with Gasteiger partial charge in [-0.1, -0.05) is 6.92 Å². The first kappa shape index (κ1) is 11.3. The molecule has 1 rings (SSSR count). The van der Waals surface area contributed by atoms with Crippen molar-refractivity contribution in [3.63, 3.8) is 0 Å². The summed E-state index contributed by atoms with van der Waals surface area (Å²) in [6.07, 6.45) is 0. The normalized spacial score (nSPS) is 11.8. The lowest BCUT2D eigenvalue weighted by atomic mass is 10.1. The Morgan fingerprint density at radius 3 is 2.87 bits per heavy atom. The molecule has 0 aliphatic rings. The second kappa shape index (κ2) is 5.23. The van der Waals surface area contributed by atoms with Gasteiger partial charge in [-0.05, 0) is 24.1 Å². The van der Waals surface area contributed by atoms with Crippen LogP contribution in [0, 0.1) is 17.2 Å². The summed E-state index contributed by atoms with van der Waals surface area (Å²) in [7, 11) is 0. The molecule has 1 aromatic rings. The maximum Gasteiger partial charge on any atom is 0.0992 e. The Labute approximate surface area is 89.3 Å². The van der Waals surface area contributed by atoms with E-state index in [1.165, 1.54) is 0 Å². The SMILES string of the molecule is CC(CO)CNc1ccc(C#N)cc1N. The van der Waals surface area contributed by atoms with Crippen LogP contribution in [0.2, 0.25) is 0 Å². The van der Waals surface area contributed by atoms with Gasteiger partial charge in [-0.2, -0.15) is 5.26 Å². The highest BCUT2D eigenvalue weighted by molar-refractivity contribution is 5.68. The lowest BCUT2D eigenvalue weighted by molar-refractivity contribution is 0.244. The number of hydrogen-bond donors (Lipinski definition) is 3. The van der Waals surface area contributed by atoms with Gasteiger partial charge in [-0.15, -0.1) is 0 Å². The lowest BCUT2D eigenvalue weighted by Gasteiger charge is -2.12. The molecule has 0 aromatic heterocycles. The second-order valence-corrected chi connectivity index (χ2v) is 3.58. The van der Waals surface area contributed by atoms with Gasteiger partial charge in [0.25, 0.3) is 0 Å². The van der Waals surface area contributed by atoms with E-state index in [0.717, 1.165) is 5.69 Å². The van der Waals surface area contributed by atoms with Crippen molar-refractivity contribution in [1.82, 2.24) is 0 Å². The van der Waals surface area contributed by atoms with Gasteiger partial charge in [-0.25, -0.2) is 0 Å². The third-order valence-electron chi connectivity index (χ3n) is 2.13. The van der Waals surface area contributed by atoms with Crippen LogP contribution in [0.15, 0.2) is 18.2 Å². The van der Waals surface area contributed by atoms with E-state index in [4.69, 9.17) is 16.1 Å². The van der Waals surface area contributed by atoms with Crippen molar-refractivity contribution in [2.75, 3.05) is 24.2 Å². The zero-order valence-electron chi connectivity index (χ0n) is 8.70. The molecule has 0 saturated carbocycles. The minimum Gasteiger partial charge on any atom is -0.397 e. The van der Waals surface area contributed by atoms with Crippen molar-refractivity contribution in [3.05, 3.63) is 23.8 Å². The minimum absolute atomic E-state index is 0.142. The molecule has 4 heteroatoms. The summed E-state index contributed by atoms with van der Waals surface area (Å²) in [4.78, 5) is 0. The van der Waals surface area contributed by atoms with Crippen LogP contribution in [0.3, 0.4) is 0 Å². The van der Waals surface area contributed by atoms with Crippen LogP contribution in [0.1, 0.15) is 12.5 Å². The third kappa shape index (κ3) is 3.15. The van der Waals surface area contributed by atoms with Crippen LogP contribution in [0.5, 0.6) is 0 Å². The van der Waals surface area contributed by atoms with Gasteiger partial charge < -0.3 is 16.2 Å². The zero-order chi connectivity index (χ0) is 11.3. The predicted molar refractivity (Wildman–Crippen MR) is 60.3 cm³/mol. The van der Waals surface area contributed by atoms with Crippen molar-refractivity contribution in [2.45, 2.75) is 6.92 Å². The molecule has 0 aliphatic carbocycles. The average molecular weight is 205 g/mol. The second-order valence-electron chi connectivity index (χ2n) is 3.58. The summed E-state index contributed by atoms with van der Waals surface area (Å²) in [5, 5.41) is 20.6. The van der Waals surface area contributed by atoms with Gasteiger partial charge in [0.05, 0.1) is 23.0 Å². The lowest BCUT2D eigenvalue weighted by Crippen LogP contribution is -2.15. The van der Waals surface area contributed by atoms with Crippen molar-refractivity contribution in [2.24, 2.45) is 5.92 Å². The van der Waals surface area contributed by atoms with E-state index in [0.29, 0.717) is 17.8 Å². The van der Waals surface area contributed by atoms with Gasteiger partial charge in [-0.3, -0.25) is 0 Å². The fourth-order valence-corrected chi connectivity index (χ4v) is 1.14. The maximum absolute atomic E-state index is 8.85. The highest BCUT2D eigenvalue weighted by atomic mass is 16.3. The van der Waals surface area contributed by atoms with E-state index in [-0.39, 0.29) is 12.5 Å². The number of benzene rings is 1. The summed E-state index contributed by atoms with van der Waals surface area (Å²) < 4.78 is 0. The van der Waals surface area contributed by atoms with Crippen molar-refractivity contribution < 1.29 is 5.11 Å². The molecule has 1 atom stereocenters. The summed E-state index contributed by atoms with van der Waals surface area (Å²) in [6, 6.07) is 7.14. The fraction of sp³-hybridized carbons (Fsp3) is 0.364. The van der Waals surface area contributed by atoms with Gasteiger partial charge >= 0.3 is 0 Å². The largest absolute Gasteiger partial charge is 0.397 e. The van der Waals surface area contributed by atoms with Crippen LogP contribution < -0.4 is 11.1 Å². The smallest absolute Gasteiger partial charge is 0.0992 e. The topological polar surface area (TPSA) is 82.1 Å². The molecule has 0 fully saturated rings. The zero-order valence-corrected chi connectivity index (χ0v) is 8.70. The maximum atomic E-state index is 8.85. The summed E-state index contributed by atoms with van der Waals surface area (Å²) in [5.74, 6) is 0.181. The number of anilines is 2. The Bertz CT molecular complexity index is 371. The molecule has 0 radical (unpaired) electrons. The highest BCUT2D eigenvalue weighted by Gasteiger charge is 2.03. The Morgan fingerprint density at radius 2 is 2.33 bits per heavy atom. The third-order valence-corrected chi connectivity index (χ3v) is 2.13. The Hall–Kier alpha value is -1.73. The van der Waals surface area contributed by atoms with Crippen LogP contribution in [-0.4, -0.2) is 18.3 Å². The first-order valence-corrected chi connectivity index (χ1v) is 4.81. The molecule has 0 amide bonds. The predicted octanol–water partition coefficient (Wildman–Crippen LogP) is 1.18. The highest BCUT2D eigenvalue weighted by Crippen LogP contribution is 2.19. The van der Waals surface area contributed by atoms with Crippen molar-refractivity contribution in [1.29, 1.82) is 5.26 Å². The molecular weight excluding hydrogens is 190 g/mol. The molecule has 0 spiro atoms. The molecule has 4 nitrogen and oxygen atoms in total. The number of nitrogens with zero attached hydrogens (tertiary/aromatic N) is 1. The van der Waals surface area contributed by atoms with Gasteiger partial charge in [0.15, 0.2) is 0 Å². The van der Waals surface area contributed by atoms with Crippen LogP contribution in [0.4, 0.5) is 11.4 Å². The average Bonchev–Trinajstić information content (AvgIpc) is 2.26. The van der Waals surface area contributed by atoms with Gasteiger partial charge in [0, 0.05) is 13.2 Å². The van der Waals surface area contributed by atoms with E-state index in [9.17, 15) is 0 Å². The number of aliphatic hydroxyl groups excluding tert-OH is 1. The van der Waals surface area contributed by atoms with E-state index in [1.54, 1.807) is 18.2 Å². The van der Waals surface area contributed by atoms with E-state index in [1.807, 2.05) is 13.0 Å². The molecular formula is C11H15N3O. The number of hydrogen-bond acceptors (Lipinski definition) is 4. The number of nitrogen functional groups attached to an aromatic ring is 1. The van der Waals surface area contributed by atoms with E-state index < -0.39 is 0 Å². The molecule has 80 valence electrons. The Kier molecular flexibility index (Phi) is 3.95. The number of aliphatic hydroxyl groups is 1. The number of nitriles is 1. The molecule has 0 saturated heterocycles. The van der Waals surface area contributed by atoms with Gasteiger partial charge in [0.2, 0.25) is 0 Å². The van der Waals surface area contributed by atoms with Crippen molar-refractivity contribution in [3.8, 4) is 6.07 Å². The molecule has 0 bridgehead atoms. The van der Waals surface area contributed by atoms with E-state index in [2.05, 4.69) is 5.32 Å². The van der Waals surface area contributed by atoms with Crippen LogP contribution in [0.25, 0.3) is 0 Å². The quantitative estimate of drug-likeness (QED) is 0.645. The first-order valence-electron chi connectivity index (χ1n) is 4.81. The summed E-state index contributed by atoms with van der Waals surface area (Å²) in [5.41, 5.74) is 7.65. The molecule has 0 aliphatic heterocycles. The number of rotatable bonds is 4. The monoisotopic (exact) mass is 205 g/mol. The molecule has 4 N–H and O–H groups in total. The van der Waals surface area contributed by atoms with Crippen LogP contribution >= 0.6 is 0 Å². The Balaban J connectivity index is 2.67. The molecule has 1 aromatic carbocycles.